The van der Waals surface area contributed by atoms with E-state index >= 15 is 0 Å². The summed E-state index contributed by atoms with van der Waals surface area (Å²) in [6, 6.07) is 4.43. The lowest BCUT2D eigenvalue weighted by atomic mass is 10.2. The molecule has 6 heteroatoms. The Bertz CT molecular complexity index is 644. The second-order valence-electron chi connectivity index (χ2n) is 5.95. The van der Waals surface area contributed by atoms with Crippen LogP contribution < -0.4 is 10.2 Å². The average Bonchev–Trinajstić information content (AvgIpc) is 3.23. The van der Waals surface area contributed by atoms with Gasteiger partial charge in [0.1, 0.15) is 12.1 Å². The Hall–Kier alpha value is -2.24. The molecule has 2 aromatic heterocycles. The highest BCUT2D eigenvalue weighted by atomic mass is 15.3. The number of hydrogen-bond donors (Lipinski definition) is 1. The van der Waals surface area contributed by atoms with E-state index in [9.17, 15) is 0 Å². The summed E-state index contributed by atoms with van der Waals surface area (Å²) in [5.41, 5.74) is 2.53. The minimum absolute atomic E-state index is 0.448. The van der Waals surface area contributed by atoms with Gasteiger partial charge in [-0.3, -0.25) is 0 Å². The first-order valence-electron chi connectivity index (χ1n) is 8.03. The highest BCUT2D eigenvalue weighted by Gasteiger charge is 2.26. The van der Waals surface area contributed by atoms with Crippen LogP contribution in [0.3, 0.4) is 0 Å². The van der Waals surface area contributed by atoms with Crippen LogP contribution in [0.4, 0.5) is 11.6 Å². The molecule has 0 aromatic carbocycles. The van der Waals surface area contributed by atoms with Crippen LogP contribution in [0.5, 0.6) is 0 Å². The lowest BCUT2D eigenvalue weighted by Gasteiger charge is -2.25. The van der Waals surface area contributed by atoms with Crippen LogP contribution in [0.2, 0.25) is 0 Å². The fraction of sp³-hybridized carbons (Fsp3) is 0.500. The fourth-order valence-electron chi connectivity index (χ4n) is 3.52. The Morgan fingerprint density at radius 3 is 3.14 bits per heavy atom. The van der Waals surface area contributed by atoms with Gasteiger partial charge in [-0.25, -0.2) is 9.97 Å². The molecule has 114 valence electrons. The number of nitrogens with one attached hydrogen (secondary N) is 1. The number of hydrogen-bond acceptors (Lipinski definition) is 6. The van der Waals surface area contributed by atoms with E-state index in [1.165, 1.54) is 30.5 Å². The lowest BCUT2D eigenvalue weighted by Crippen LogP contribution is -2.35. The number of aromatic nitrogens is 4. The van der Waals surface area contributed by atoms with Crippen LogP contribution in [-0.2, 0) is 12.8 Å². The normalized spacial score (nSPS) is 20.2. The Morgan fingerprint density at radius 2 is 2.23 bits per heavy atom. The number of rotatable bonds is 4. The van der Waals surface area contributed by atoms with Crippen LogP contribution in [0.15, 0.2) is 24.7 Å². The summed E-state index contributed by atoms with van der Waals surface area (Å²) in [6.07, 6.45) is 9.15. The highest BCUT2D eigenvalue weighted by molar-refractivity contribution is 5.49. The third kappa shape index (κ3) is 2.49. The molecule has 3 heterocycles. The topological polar surface area (TPSA) is 66.8 Å². The van der Waals surface area contributed by atoms with E-state index in [1.54, 1.807) is 12.5 Å². The predicted octanol–water partition coefficient (Wildman–Crippen LogP) is 1.84. The molecular weight excluding hydrogens is 276 g/mol. The first-order chi connectivity index (χ1) is 10.9. The van der Waals surface area contributed by atoms with Crippen molar-refractivity contribution >= 4 is 11.6 Å². The molecule has 1 aliphatic heterocycles. The standard InChI is InChI=1S/C16H20N6/c1-5-13-14(6-1)18-11-19-16(13)17-10-12-4-3-9-22(12)15-7-2-8-20-21-15/h2,7-8,11-12H,1,3-6,9-10H2,(H,17,18,19)/t12-/m0/s1. The third-order valence-corrected chi connectivity index (χ3v) is 4.61. The van der Waals surface area contributed by atoms with Crippen molar-refractivity contribution in [2.75, 3.05) is 23.3 Å². The number of anilines is 2. The smallest absolute Gasteiger partial charge is 0.151 e. The van der Waals surface area contributed by atoms with Crippen molar-refractivity contribution in [2.24, 2.45) is 0 Å². The maximum atomic E-state index is 4.44. The molecule has 0 amide bonds. The molecule has 22 heavy (non-hydrogen) atoms. The van der Waals surface area contributed by atoms with E-state index in [0.29, 0.717) is 6.04 Å². The first-order valence-corrected chi connectivity index (χ1v) is 8.03. The van der Waals surface area contributed by atoms with Crippen molar-refractivity contribution in [1.29, 1.82) is 0 Å². The molecule has 0 radical (unpaired) electrons. The van der Waals surface area contributed by atoms with Gasteiger partial charge in [0.15, 0.2) is 5.82 Å². The second-order valence-corrected chi connectivity index (χ2v) is 5.95. The van der Waals surface area contributed by atoms with Gasteiger partial charge in [-0.2, -0.15) is 5.10 Å². The highest BCUT2D eigenvalue weighted by Crippen LogP contribution is 2.27. The zero-order valence-electron chi connectivity index (χ0n) is 12.6. The third-order valence-electron chi connectivity index (χ3n) is 4.61. The van der Waals surface area contributed by atoms with Crippen molar-refractivity contribution in [3.63, 3.8) is 0 Å². The summed E-state index contributed by atoms with van der Waals surface area (Å²) in [4.78, 5) is 11.2. The van der Waals surface area contributed by atoms with Crippen LogP contribution in [-0.4, -0.2) is 39.3 Å². The van der Waals surface area contributed by atoms with Gasteiger partial charge in [-0.1, -0.05) is 0 Å². The quantitative estimate of drug-likeness (QED) is 0.928. The molecule has 6 nitrogen and oxygen atoms in total. The van der Waals surface area contributed by atoms with E-state index in [1.807, 2.05) is 12.1 Å². The molecule has 4 rings (SSSR count). The summed E-state index contributed by atoms with van der Waals surface area (Å²) in [6.45, 7) is 1.94. The van der Waals surface area contributed by atoms with E-state index in [-0.39, 0.29) is 0 Å². The van der Waals surface area contributed by atoms with Gasteiger partial charge in [-0.05, 0) is 44.2 Å². The lowest BCUT2D eigenvalue weighted by molar-refractivity contribution is 0.684. The Balaban J connectivity index is 1.46. The molecule has 2 aromatic rings. The van der Waals surface area contributed by atoms with Gasteiger partial charge in [0, 0.05) is 36.6 Å². The number of nitrogens with zero attached hydrogens (tertiary/aromatic N) is 5. The molecule has 0 unspecified atom stereocenters. The maximum Gasteiger partial charge on any atom is 0.151 e. The van der Waals surface area contributed by atoms with Crippen molar-refractivity contribution in [3.05, 3.63) is 35.9 Å². The Kier molecular flexibility index (Phi) is 3.58. The van der Waals surface area contributed by atoms with Gasteiger partial charge >= 0.3 is 0 Å². The zero-order valence-corrected chi connectivity index (χ0v) is 12.6. The molecule has 0 spiro atoms. The van der Waals surface area contributed by atoms with Crippen LogP contribution in [0.1, 0.15) is 30.5 Å². The van der Waals surface area contributed by atoms with E-state index in [4.69, 9.17) is 0 Å². The van der Waals surface area contributed by atoms with Crippen LogP contribution in [0, 0.1) is 0 Å². The molecule has 2 aliphatic rings. The SMILES string of the molecule is c1cnnc(N2CCC[C@H]2CNc2ncnc3c2CCC3)c1. The van der Waals surface area contributed by atoms with E-state index in [0.717, 1.165) is 37.6 Å². The summed E-state index contributed by atoms with van der Waals surface area (Å²) in [5, 5.41) is 11.8. The molecule has 0 saturated carbocycles. The van der Waals surface area contributed by atoms with Crippen molar-refractivity contribution in [1.82, 2.24) is 20.2 Å². The van der Waals surface area contributed by atoms with E-state index in [2.05, 4.69) is 30.4 Å². The largest absolute Gasteiger partial charge is 0.368 e. The Morgan fingerprint density at radius 1 is 1.23 bits per heavy atom. The molecular formula is C16H20N6. The van der Waals surface area contributed by atoms with E-state index < -0.39 is 0 Å². The van der Waals surface area contributed by atoms with Crippen LogP contribution >= 0.6 is 0 Å². The number of fused-ring (bicyclic) bond motifs is 1. The fourth-order valence-corrected chi connectivity index (χ4v) is 3.52. The minimum atomic E-state index is 0.448. The molecule has 1 fully saturated rings. The monoisotopic (exact) mass is 296 g/mol. The van der Waals surface area contributed by atoms with Gasteiger partial charge in [0.05, 0.1) is 0 Å². The molecule has 1 saturated heterocycles. The zero-order chi connectivity index (χ0) is 14.8. The van der Waals surface area contributed by atoms with Gasteiger partial charge in [0.2, 0.25) is 0 Å². The van der Waals surface area contributed by atoms with Crippen LogP contribution in [0.25, 0.3) is 0 Å². The first kappa shape index (κ1) is 13.4. The van der Waals surface area contributed by atoms with Gasteiger partial charge < -0.3 is 10.2 Å². The molecule has 1 aliphatic carbocycles. The van der Waals surface area contributed by atoms with Gasteiger partial charge in [-0.15, -0.1) is 5.10 Å². The minimum Gasteiger partial charge on any atom is -0.368 e. The molecule has 1 N–H and O–H groups in total. The summed E-state index contributed by atoms with van der Waals surface area (Å²) >= 11 is 0. The summed E-state index contributed by atoms with van der Waals surface area (Å²) in [5.74, 6) is 1.99. The second kappa shape index (κ2) is 5.87. The summed E-state index contributed by atoms with van der Waals surface area (Å²) in [7, 11) is 0. The maximum absolute atomic E-state index is 4.44. The van der Waals surface area contributed by atoms with Gasteiger partial charge in [0.25, 0.3) is 0 Å². The predicted molar refractivity (Wildman–Crippen MR) is 84.9 cm³/mol. The number of aryl methyl sites for hydroxylation is 1. The van der Waals surface area contributed by atoms with Crippen molar-refractivity contribution in [3.8, 4) is 0 Å². The summed E-state index contributed by atoms with van der Waals surface area (Å²) < 4.78 is 0. The average molecular weight is 296 g/mol. The molecule has 0 bridgehead atoms. The van der Waals surface area contributed by atoms with Crippen molar-refractivity contribution < 1.29 is 0 Å². The molecule has 1 atom stereocenters. The Labute approximate surface area is 130 Å². The van der Waals surface area contributed by atoms with Crippen molar-refractivity contribution in [2.45, 2.75) is 38.1 Å².